The molecule has 2 heterocycles. The largest absolute Gasteiger partial charge is 0.338 e. The fourth-order valence-electron chi connectivity index (χ4n) is 2.59. The molecule has 2 N–H and O–H groups in total. The zero-order valence-corrected chi connectivity index (χ0v) is 10.9. The van der Waals surface area contributed by atoms with E-state index in [4.69, 9.17) is 5.73 Å². The fourth-order valence-corrected chi connectivity index (χ4v) is 2.59. The summed E-state index contributed by atoms with van der Waals surface area (Å²) < 4.78 is 0. The van der Waals surface area contributed by atoms with Crippen LogP contribution in [0.2, 0.25) is 0 Å². The van der Waals surface area contributed by atoms with Crippen molar-refractivity contribution in [2.45, 2.75) is 44.7 Å². The van der Waals surface area contributed by atoms with Crippen LogP contribution in [0.1, 0.15) is 31.7 Å². The summed E-state index contributed by atoms with van der Waals surface area (Å²) in [7, 11) is 0. The number of nitrogens with zero attached hydrogens (tertiary/aromatic N) is 2. The molecule has 2 rings (SSSR count). The van der Waals surface area contributed by atoms with Crippen LogP contribution in [0.25, 0.3) is 0 Å². The van der Waals surface area contributed by atoms with Crippen molar-refractivity contribution in [2.75, 3.05) is 6.54 Å². The van der Waals surface area contributed by atoms with Gasteiger partial charge in [-0.15, -0.1) is 0 Å². The Hall–Kier alpha value is -1.42. The Balaban J connectivity index is 2.02. The van der Waals surface area contributed by atoms with Gasteiger partial charge in [-0.1, -0.05) is 6.07 Å². The van der Waals surface area contributed by atoms with Gasteiger partial charge in [0.1, 0.15) is 0 Å². The summed E-state index contributed by atoms with van der Waals surface area (Å²) in [6, 6.07) is 4.04. The predicted molar refractivity (Wildman–Crippen MR) is 70.9 cm³/mol. The molecule has 1 saturated heterocycles. The number of nitrogens with two attached hydrogens (primary N) is 1. The Morgan fingerprint density at radius 3 is 3.11 bits per heavy atom. The van der Waals surface area contributed by atoms with Crippen LogP contribution in [0.15, 0.2) is 24.5 Å². The van der Waals surface area contributed by atoms with Crippen molar-refractivity contribution in [2.24, 2.45) is 5.73 Å². The first-order valence-corrected chi connectivity index (χ1v) is 6.62. The maximum atomic E-state index is 12.3. The Kier molecular flexibility index (Phi) is 4.31. The first-order valence-electron chi connectivity index (χ1n) is 6.62. The van der Waals surface area contributed by atoms with E-state index in [-0.39, 0.29) is 18.0 Å². The lowest BCUT2D eigenvalue weighted by atomic mass is 9.96. The van der Waals surface area contributed by atoms with Crippen molar-refractivity contribution < 1.29 is 4.79 Å². The Morgan fingerprint density at radius 1 is 1.61 bits per heavy atom. The molecule has 0 bridgehead atoms. The highest BCUT2D eigenvalue weighted by Crippen LogP contribution is 2.20. The number of hydrogen-bond donors (Lipinski definition) is 1. The maximum absolute atomic E-state index is 12.3. The Bertz CT molecular complexity index is 391. The van der Waals surface area contributed by atoms with Crippen LogP contribution in [0, 0.1) is 0 Å². The number of aromatic nitrogens is 1. The molecule has 1 fully saturated rings. The fraction of sp³-hybridized carbons (Fsp3) is 0.571. The molecule has 0 saturated carbocycles. The second kappa shape index (κ2) is 5.96. The van der Waals surface area contributed by atoms with E-state index in [9.17, 15) is 4.79 Å². The maximum Gasteiger partial charge on any atom is 0.227 e. The van der Waals surface area contributed by atoms with Crippen LogP contribution in [-0.2, 0) is 11.2 Å². The minimum Gasteiger partial charge on any atom is -0.338 e. The molecule has 2 atom stereocenters. The molecule has 1 aliphatic rings. The Labute approximate surface area is 108 Å². The highest BCUT2D eigenvalue weighted by molar-refractivity contribution is 5.79. The monoisotopic (exact) mass is 247 g/mol. The molecule has 2 unspecified atom stereocenters. The minimum absolute atomic E-state index is 0.0446. The summed E-state index contributed by atoms with van der Waals surface area (Å²) in [6.07, 6.45) is 7.18. The van der Waals surface area contributed by atoms with E-state index in [0.717, 1.165) is 24.9 Å². The topological polar surface area (TPSA) is 59.2 Å². The van der Waals surface area contributed by atoms with Gasteiger partial charge in [0.25, 0.3) is 0 Å². The molecule has 98 valence electrons. The molecular formula is C14H21N3O. The molecule has 1 aromatic rings. The van der Waals surface area contributed by atoms with Gasteiger partial charge in [-0.3, -0.25) is 9.78 Å². The second-order valence-corrected chi connectivity index (χ2v) is 5.05. The van der Waals surface area contributed by atoms with E-state index in [2.05, 4.69) is 4.98 Å². The summed E-state index contributed by atoms with van der Waals surface area (Å²) in [4.78, 5) is 18.3. The summed E-state index contributed by atoms with van der Waals surface area (Å²) in [6.45, 7) is 2.83. The second-order valence-electron chi connectivity index (χ2n) is 5.05. The highest BCUT2D eigenvalue weighted by Gasteiger charge is 2.28. The molecule has 0 aliphatic carbocycles. The van der Waals surface area contributed by atoms with Gasteiger partial charge in [0.05, 0.1) is 6.42 Å². The normalized spacial score (nSPS) is 21.7. The third kappa shape index (κ3) is 3.07. The highest BCUT2D eigenvalue weighted by atomic mass is 16.2. The molecule has 0 radical (unpaired) electrons. The van der Waals surface area contributed by atoms with E-state index in [1.54, 1.807) is 12.4 Å². The van der Waals surface area contributed by atoms with Gasteiger partial charge >= 0.3 is 0 Å². The van der Waals surface area contributed by atoms with Crippen LogP contribution in [0.4, 0.5) is 0 Å². The van der Waals surface area contributed by atoms with E-state index < -0.39 is 0 Å². The molecule has 4 heteroatoms. The SMILES string of the molecule is CC(N)C1CCCCN1C(=O)Cc1cccnc1. The average Bonchev–Trinajstić information content (AvgIpc) is 2.40. The Morgan fingerprint density at radius 2 is 2.44 bits per heavy atom. The number of carbonyl (C=O) groups is 1. The van der Waals surface area contributed by atoms with Crippen LogP contribution < -0.4 is 5.73 Å². The minimum atomic E-state index is 0.0446. The van der Waals surface area contributed by atoms with E-state index in [1.807, 2.05) is 24.0 Å². The molecule has 18 heavy (non-hydrogen) atoms. The van der Waals surface area contributed by atoms with Gasteiger partial charge in [-0.05, 0) is 37.8 Å². The van der Waals surface area contributed by atoms with Crippen molar-refractivity contribution in [3.05, 3.63) is 30.1 Å². The van der Waals surface area contributed by atoms with Gasteiger partial charge in [-0.25, -0.2) is 0 Å². The van der Waals surface area contributed by atoms with Crippen LogP contribution in [0.3, 0.4) is 0 Å². The molecular weight excluding hydrogens is 226 g/mol. The van der Waals surface area contributed by atoms with Gasteiger partial charge in [-0.2, -0.15) is 0 Å². The number of rotatable bonds is 3. The number of likely N-dealkylation sites (tertiary alicyclic amines) is 1. The molecule has 1 aromatic heterocycles. The first kappa shape index (κ1) is 13.0. The van der Waals surface area contributed by atoms with Crippen molar-refractivity contribution in [1.29, 1.82) is 0 Å². The van der Waals surface area contributed by atoms with Crippen molar-refractivity contribution in [3.8, 4) is 0 Å². The van der Waals surface area contributed by atoms with Crippen molar-refractivity contribution >= 4 is 5.91 Å². The smallest absolute Gasteiger partial charge is 0.227 e. The molecule has 1 amide bonds. The van der Waals surface area contributed by atoms with Gasteiger partial charge in [0, 0.05) is 31.0 Å². The summed E-state index contributed by atoms with van der Waals surface area (Å²) in [5.74, 6) is 0.171. The molecule has 0 aromatic carbocycles. The summed E-state index contributed by atoms with van der Waals surface area (Å²) in [5, 5.41) is 0. The van der Waals surface area contributed by atoms with Crippen molar-refractivity contribution in [3.63, 3.8) is 0 Å². The molecule has 1 aliphatic heterocycles. The van der Waals surface area contributed by atoms with E-state index in [0.29, 0.717) is 6.42 Å². The standard InChI is InChI=1S/C14H21N3O/c1-11(15)13-6-2-3-8-17(13)14(18)9-12-5-4-7-16-10-12/h4-5,7,10-11,13H,2-3,6,8-9,15H2,1H3. The number of carbonyl (C=O) groups excluding carboxylic acids is 1. The van der Waals surface area contributed by atoms with E-state index >= 15 is 0 Å². The summed E-state index contributed by atoms with van der Waals surface area (Å²) in [5.41, 5.74) is 6.95. The third-order valence-electron chi connectivity index (χ3n) is 3.55. The van der Waals surface area contributed by atoms with Crippen LogP contribution in [0.5, 0.6) is 0 Å². The third-order valence-corrected chi connectivity index (χ3v) is 3.55. The average molecular weight is 247 g/mol. The predicted octanol–water partition coefficient (Wildman–Crippen LogP) is 1.35. The summed E-state index contributed by atoms with van der Waals surface area (Å²) >= 11 is 0. The number of piperidine rings is 1. The van der Waals surface area contributed by atoms with Gasteiger partial charge < -0.3 is 10.6 Å². The van der Waals surface area contributed by atoms with Gasteiger partial charge in [0.2, 0.25) is 5.91 Å². The zero-order chi connectivity index (χ0) is 13.0. The molecule has 0 spiro atoms. The lowest BCUT2D eigenvalue weighted by Crippen LogP contribution is -2.52. The lowest BCUT2D eigenvalue weighted by molar-refractivity contribution is -0.134. The van der Waals surface area contributed by atoms with Crippen LogP contribution >= 0.6 is 0 Å². The van der Waals surface area contributed by atoms with E-state index in [1.165, 1.54) is 6.42 Å². The number of amides is 1. The van der Waals surface area contributed by atoms with Crippen molar-refractivity contribution in [1.82, 2.24) is 9.88 Å². The first-order chi connectivity index (χ1) is 8.68. The number of hydrogen-bond acceptors (Lipinski definition) is 3. The lowest BCUT2D eigenvalue weighted by Gasteiger charge is -2.38. The van der Waals surface area contributed by atoms with Crippen LogP contribution in [-0.4, -0.2) is 34.4 Å². The molecule has 4 nitrogen and oxygen atoms in total. The zero-order valence-electron chi connectivity index (χ0n) is 10.9. The quantitative estimate of drug-likeness (QED) is 0.877. The van der Waals surface area contributed by atoms with Gasteiger partial charge in [0.15, 0.2) is 0 Å². The number of pyridine rings is 1.